The molecule has 1 aromatic carbocycles. The number of aromatic nitrogens is 1. The van der Waals surface area contributed by atoms with Crippen LogP contribution < -0.4 is 4.90 Å². The average Bonchev–Trinajstić information content (AvgIpc) is 2.71. The minimum atomic E-state index is -1.10. The second-order valence-electron chi connectivity index (χ2n) is 4.23. The summed E-state index contributed by atoms with van der Waals surface area (Å²) in [7, 11) is 3.91. The van der Waals surface area contributed by atoms with E-state index in [2.05, 4.69) is 5.16 Å². The molecule has 1 heterocycles. The first kappa shape index (κ1) is 12.2. The third kappa shape index (κ3) is 2.07. The standard InChI is InChI=1S/C13H14N2O3/c1-8-11(14-18-12(8)13(16)17)9-4-6-10(7-5-9)15(2)3/h4-7H,1-3H3,(H,16,17). The molecule has 2 rings (SSSR count). The Morgan fingerprint density at radius 1 is 1.28 bits per heavy atom. The van der Waals surface area contributed by atoms with Crippen LogP contribution in [0.15, 0.2) is 28.8 Å². The Bertz CT molecular complexity index is 570. The van der Waals surface area contributed by atoms with Gasteiger partial charge in [0.15, 0.2) is 0 Å². The first-order chi connectivity index (χ1) is 8.50. The predicted molar refractivity (Wildman–Crippen MR) is 68.0 cm³/mol. The van der Waals surface area contributed by atoms with Gasteiger partial charge in [-0.05, 0) is 19.1 Å². The molecule has 0 saturated carbocycles. The third-order valence-electron chi connectivity index (χ3n) is 2.78. The zero-order valence-electron chi connectivity index (χ0n) is 10.5. The number of nitrogens with zero attached hydrogens (tertiary/aromatic N) is 2. The van der Waals surface area contributed by atoms with Crippen LogP contribution in [0.4, 0.5) is 5.69 Å². The van der Waals surface area contributed by atoms with E-state index in [1.54, 1.807) is 6.92 Å². The van der Waals surface area contributed by atoms with Gasteiger partial charge in [0.2, 0.25) is 5.76 Å². The van der Waals surface area contributed by atoms with Gasteiger partial charge in [0.25, 0.3) is 0 Å². The van der Waals surface area contributed by atoms with Gasteiger partial charge < -0.3 is 14.5 Å². The number of carboxylic acid groups (broad SMARTS) is 1. The van der Waals surface area contributed by atoms with E-state index < -0.39 is 5.97 Å². The Morgan fingerprint density at radius 3 is 2.33 bits per heavy atom. The van der Waals surface area contributed by atoms with Gasteiger partial charge >= 0.3 is 5.97 Å². The smallest absolute Gasteiger partial charge is 0.375 e. The Hall–Kier alpha value is -2.30. The number of hydrogen-bond acceptors (Lipinski definition) is 4. The molecule has 0 amide bonds. The van der Waals surface area contributed by atoms with Gasteiger partial charge in [-0.3, -0.25) is 0 Å². The normalized spacial score (nSPS) is 10.4. The van der Waals surface area contributed by atoms with Gasteiger partial charge in [-0.1, -0.05) is 17.3 Å². The lowest BCUT2D eigenvalue weighted by Crippen LogP contribution is -2.07. The molecule has 0 bridgehead atoms. The fraction of sp³-hybridized carbons (Fsp3) is 0.231. The SMILES string of the molecule is Cc1c(-c2ccc(N(C)C)cc2)noc1C(=O)O. The number of aromatic carboxylic acids is 1. The summed E-state index contributed by atoms with van der Waals surface area (Å²) < 4.78 is 4.83. The Morgan fingerprint density at radius 2 is 1.89 bits per heavy atom. The van der Waals surface area contributed by atoms with Gasteiger partial charge in [0, 0.05) is 30.9 Å². The molecule has 94 valence electrons. The topological polar surface area (TPSA) is 66.6 Å². The van der Waals surface area contributed by atoms with Crippen molar-refractivity contribution in [3.63, 3.8) is 0 Å². The summed E-state index contributed by atoms with van der Waals surface area (Å²) in [6.07, 6.45) is 0. The lowest BCUT2D eigenvalue weighted by atomic mass is 10.1. The van der Waals surface area contributed by atoms with Crippen LogP contribution in [-0.2, 0) is 0 Å². The van der Waals surface area contributed by atoms with Gasteiger partial charge in [-0.15, -0.1) is 0 Å². The summed E-state index contributed by atoms with van der Waals surface area (Å²) in [5.41, 5.74) is 3.02. The molecule has 0 radical (unpaired) electrons. The van der Waals surface area contributed by atoms with E-state index in [0.717, 1.165) is 11.3 Å². The lowest BCUT2D eigenvalue weighted by Gasteiger charge is -2.12. The highest BCUT2D eigenvalue weighted by Crippen LogP contribution is 2.26. The highest BCUT2D eigenvalue weighted by Gasteiger charge is 2.18. The maximum Gasteiger partial charge on any atom is 0.375 e. The van der Waals surface area contributed by atoms with Crippen molar-refractivity contribution in [1.82, 2.24) is 5.16 Å². The van der Waals surface area contributed by atoms with E-state index in [0.29, 0.717) is 11.3 Å². The highest BCUT2D eigenvalue weighted by molar-refractivity contribution is 5.88. The van der Waals surface area contributed by atoms with Crippen molar-refractivity contribution in [3.05, 3.63) is 35.6 Å². The molecule has 5 nitrogen and oxygen atoms in total. The fourth-order valence-corrected chi connectivity index (χ4v) is 1.72. The summed E-state index contributed by atoms with van der Waals surface area (Å²) in [6, 6.07) is 7.69. The van der Waals surface area contributed by atoms with Crippen molar-refractivity contribution in [1.29, 1.82) is 0 Å². The maximum atomic E-state index is 10.9. The van der Waals surface area contributed by atoms with Crippen LogP contribution in [0.1, 0.15) is 16.1 Å². The molecule has 0 spiro atoms. The summed E-state index contributed by atoms with van der Waals surface area (Å²) >= 11 is 0. The molecule has 0 aliphatic carbocycles. The zero-order valence-corrected chi connectivity index (χ0v) is 10.5. The first-order valence-corrected chi connectivity index (χ1v) is 5.48. The largest absolute Gasteiger partial charge is 0.475 e. The molecule has 0 atom stereocenters. The number of anilines is 1. The molecular weight excluding hydrogens is 232 g/mol. The van der Waals surface area contributed by atoms with Gasteiger partial charge in [0.05, 0.1) is 0 Å². The molecular formula is C13H14N2O3. The molecule has 5 heteroatoms. The van der Waals surface area contributed by atoms with E-state index in [4.69, 9.17) is 9.63 Å². The van der Waals surface area contributed by atoms with Gasteiger partial charge in [-0.25, -0.2) is 4.79 Å². The van der Waals surface area contributed by atoms with Crippen molar-refractivity contribution in [2.24, 2.45) is 0 Å². The second kappa shape index (κ2) is 4.52. The minimum Gasteiger partial charge on any atom is -0.475 e. The monoisotopic (exact) mass is 246 g/mol. The van der Waals surface area contributed by atoms with Crippen LogP contribution in [0.25, 0.3) is 11.3 Å². The quantitative estimate of drug-likeness (QED) is 0.900. The Balaban J connectivity index is 2.40. The number of carbonyl (C=O) groups is 1. The molecule has 1 N–H and O–H groups in total. The first-order valence-electron chi connectivity index (χ1n) is 5.48. The van der Waals surface area contributed by atoms with Crippen molar-refractivity contribution < 1.29 is 14.4 Å². The summed E-state index contributed by atoms with van der Waals surface area (Å²) in [4.78, 5) is 12.9. The number of rotatable bonds is 3. The predicted octanol–water partition coefficient (Wildman–Crippen LogP) is 2.41. The van der Waals surface area contributed by atoms with Crippen molar-refractivity contribution in [3.8, 4) is 11.3 Å². The minimum absolute atomic E-state index is 0.110. The molecule has 18 heavy (non-hydrogen) atoms. The van der Waals surface area contributed by atoms with Crippen LogP contribution in [0.3, 0.4) is 0 Å². The molecule has 0 aliphatic rings. The summed E-state index contributed by atoms with van der Waals surface area (Å²) in [5.74, 6) is -1.21. The zero-order chi connectivity index (χ0) is 13.3. The van der Waals surface area contributed by atoms with Crippen LogP contribution >= 0.6 is 0 Å². The Kier molecular flexibility index (Phi) is 3.06. The van der Waals surface area contributed by atoms with Crippen molar-refractivity contribution >= 4 is 11.7 Å². The molecule has 0 aliphatic heterocycles. The van der Waals surface area contributed by atoms with Crippen LogP contribution in [-0.4, -0.2) is 30.3 Å². The van der Waals surface area contributed by atoms with Crippen molar-refractivity contribution in [2.75, 3.05) is 19.0 Å². The molecule has 0 unspecified atom stereocenters. The van der Waals surface area contributed by atoms with E-state index in [1.165, 1.54) is 0 Å². The molecule has 0 fully saturated rings. The van der Waals surface area contributed by atoms with Gasteiger partial charge in [-0.2, -0.15) is 0 Å². The molecule has 2 aromatic rings. The summed E-state index contributed by atoms with van der Waals surface area (Å²) in [5, 5.41) is 12.7. The number of hydrogen-bond donors (Lipinski definition) is 1. The Labute approximate surface area is 105 Å². The van der Waals surface area contributed by atoms with Crippen molar-refractivity contribution in [2.45, 2.75) is 6.92 Å². The maximum absolute atomic E-state index is 10.9. The average molecular weight is 246 g/mol. The molecule has 1 aromatic heterocycles. The van der Waals surface area contributed by atoms with Crippen LogP contribution in [0.5, 0.6) is 0 Å². The summed E-state index contributed by atoms with van der Waals surface area (Å²) in [6.45, 7) is 1.69. The van der Waals surface area contributed by atoms with E-state index in [9.17, 15) is 4.79 Å². The van der Waals surface area contributed by atoms with E-state index in [-0.39, 0.29) is 5.76 Å². The fourth-order valence-electron chi connectivity index (χ4n) is 1.72. The number of benzene rings is 1. The number of carboxylic acids is 1. The van der Waals surface area contributed by atoms with Crippen LogP contribution in [0, 0.1) is 6.92 Å². The van der Waals surface area contributed by atoms with Crippen LogP contribution in [0.2, 0.25) is 0 Å². The van der Waals surface area contributed by atoms with Gasteiger partial charge in [0.1, 0.15) is 5.69 Å². The lowest BCUT2D eigenvalue weighted by molar-refractivity contribution is 0.0651. The highest BCUT2D eigenvalue weighted by atomic mass is 16.5. The molecule has 0 saturated heterocycles. The van der Waals surface area contributed by atoms with E-state index >= 15 is 0 Å². The third-order valence-corrected chi connectivity index (χ3v) is 2.78. The van der Waals surface area contributed by atoms with E-state index in [1.807, 2.05) is 43.3 Å². The second-order valence-corrected chi connectivity index (χ2v) is 4.23.